The zero-order valence-corrected chi connectivity index (χ0v) is 29.9. The molecule has 10 heterocycles. The van der Waals surface area contributed by atoms with Crippen molar-refractivity contribution < 1.29 is 0 Å². The number of nitrogens with zero attached hydrogens (tertiary/aromatic N) is 4. The van der Waals surface area contributed by atoms with Crippen molar-refractivity contribution in [1.29, 1.82) is 0 Å². The summed E-state index contributed by atoms with van der Waals surface area (Å²) in [5, 5.41) is 1.38. The molecule has 0 aromatic carbocycles. The summed E-state index contributed by atoms with van der Waals surface area (Å²) in [7, 11) is 0. The standard InChI is InChI=1S/C20H10Cl4N4.C20H14N4/c21-14-7-13-6-11-2-1-9(25-11)5-10-3-4-12(26-10)8-15-16(22)17(23)20(28-15)18(24)19(14)27-13;1-2-14-10-16-5-6-18(23-16)12-20-8-7-19(24-20)11-17-4-3-15(22-17)9-13(1)21-14/h1-8,25,28H;1-12,21,24H. The van der Waals surface area contributed by atoms with Crippen LogP contribution in [0.25, 0.3) is 91.7 Å². The number of aromatic amines is 4. The van der Waals surface area contributed by atoms with E-state index in [9.17, 15) is 0 Å². The first-order valence-electron chi connectivity index (χ1n) is 16.1. The predicted octanol–water partition coefficient (Wildman–Crippen LogP) is 11.8. The van der Waals surface area contributed by atoms with Crippen LogP contribution in [0.4, 0.5) is 0 Å². The van der Waals surface area contributed by atoms with Crippen molar-refractivity contribution in [3.63, 3.8) is 0 Å². The van der Waals surface area contributed by atoms with E-state index in [1.807, 2.05) is 91.1 Å². The van der Waals surface area contributed by atoms with E-state index in [4.69, 9.17) is 46.4 Å². The predicted molar refractivity (Wildman–Crippen MR) is 218 cm³/mol. The van der Waals surface area contributed by atoms with Crippen LogP contribution in [0.5, 0.6) is 0 Å². The number of fused-ring (bicyclic) bond motifs is 16. The van der Waals surface area contributed by atoms with Crippen molar-refractivity contribution >= 4 is 138 Å². The number of halogens is 4. The fourth-order valence-electron chi connectivity index (χ4n) is 6.05. The molecule has 0 amide bonds. The average molecular weight is 758 g/mol. The Kier molecular flexibility index (Phi) is 8.17. The average Bonchev–Trinajstić information content (AvgIpc) is 3.97. The van der Waals surface area contributed by atoms with Crippen molar-refractivity contribution in [1.82, 2.24) is 39.9 Å². The summed E-state index contributed by atoms with van der Waals surface area (Å²) in [6.07, 6.45) is 13.7. The Morgan fingerprint density at radius 3 is 1.13 bits per heavy atom. The molecular weight excluding hydrogens is 734 g/mol. The van der Waals surface area contributed by atoms with E-state index < -0.39 is 0 Å². The van der Waals surface area contributed by atoms with Crippen molar-refractivity contribution in [2.75, 3.05) is 0 Å². The molecule has 0 fully saturated rings. The lowest BCUT2D eigenvalue weighted by atomic mass is 10.3. The monoisotopic (exact) mass is 756 g/mol. The van der Waals surface area contributed by atoms with Gasteiger partial charge in [0, 0.05) is 33.1 Å². The maximum absolute atomic E-state index is 6.58. The second kappa shape index (κ2) is 13.2. The molecule has 0 atom stereocenters. The summed E-state index contributed by atoms with van der Waals surface area (Å²) >= 11 is 25.8. The third-order valence-electron chi connectivity index (χ3n) is 8.43. The van der Waals surface area contributed by atoms with Crippen molar-refractivity contribution in [2.45, 2.75) is 0 Å². The molecule has 12 heteroatoms. The number of hydrogen-bond donors (Lipinski definition) is 4. The lowest BCUT2D eigenvalue weighted by Crippen LogP contribution is -1.80. The van der Waals surface area contributed by atoms with E-state index in [1.54, 1.807) is 6.08 Å². The quantitative estimate of drug-likeness (QED) is 0.123. The van der Waals surface area contributed by atoms with Gasteiger partial charge in [-0.1, -0.05) is 46.4 Å². The van der Waals surface area contributed by atoms with Crippen molar-refractivity contribution in [3.05, 3.63) is 139 Å². The van der Waals surface area contributed by atoms with Gasteiger partial charge in [-0.3, -0.25) is 0 Å². The van der Waals surface area contributed by atoms with Gasteiger partial charge in [0.05, 0.1) is 71.0 Å². The molecule has 0 aliphatic carbocycles. The fourth-order valence-corrected chi connectivity index (χ4v) is 7.12. The second-order valence-corrected chi connectivity index (χ2v) is 13.8. The number of hydrogen-bond acceptors (Lipinski definition) is 4. The summed E-state index contributed by atoms with van der Waals surface area (Å²) in [5.41, 5.74) is 13.4. The molecule has 10 rings (SSSR count). The van der Waals surface area contributed by atoms with Gasteiger partial charge < -0.3 is 19.9 Å². The summed E-state index contributed by atoms with van der Waals surface area (Å²) in [6, 6.07) is 25.9. The van der Waals surface area contributed by atoms with E-state index in [0.29, 0.717) is 42.5 Å². The van der Waals surface area contributed by atoms with Crippen LogP contribution >= 0.6 is 46.4 Å². The minimum absolute atomic E-state index is 0.292. The normalized spacial score (nSPS) is 12.9. The van der Waals surface area contributed by atoms with Gasteiger partial charge in [0.25, 0.3) is 0 Å². The smallest absolute Gasteiger partial charge is 0.103 e. The Morgan fingerprint density at radius 1 is 0.365 bits per heavy atom. The van der Waals surface area contributed by atoms with Gasteiger partial charge >= 0.3 is 0 Å². The Balaban J connectivity index is 0.000000140. The van der Waals surface area contributed by atoms with Gasteiger partial charge in [0.2, 0.25) is 0 Å². The van der Waals surface area contributed by atoms with Crippen LogP contribution < -0.4 is 0 Å². The molecule has 0 saturated heterocycles. The highest BCUT2D eigenvalue weighted by Gasteiger charge is 2.17. The maximum Gasteiger partial charge on any atom is 0.103 e. The Bertz CT molecular complexity index is 2750. The summed E-state index contributed by atoms with van der Waals surface area (Å²) in [5.74, 6) is 0. The molecule has 0 spiro atoms. The molecule has 0 unspecified atom stereocenters. The largest absolute Gasteiger partial charge is 0.355 e. The lowest BCUT2D eigenvalue weighted by molar-refractivity contribution is 1.31. The van der Waals surface area contributed by atoms with Crippen LogP contribution in [0.15, 0.2) is 78.9 Å². The first kappa shape index (κ1) is 32.3. The van der Waals surface area contributed by atoms with Crippen LogP contribution in [-0.4, -0.2) is 39.9 Å². The SMILES string of the molecule is C1=Cc2cc3ccc(cc4nc(cc5ccc(cc1n2)[nH]5)C=C4)[nH]3.ClC1=Cc2cc3ccc(cc4nc(cc5[nH]c(c(Cl)c1n2)c(Cl)c5Cl)C=C4)[nH]3. The molecule has 52 heavy (non-hydrogen) atoms. The Morgan fingerprint density at radius 2 is 0.731 bits per heavy atom. The lowest BCUT2D eigenvalue weighted by Gasteiger charge is -1.95. The van der Waals surface area contributed by atoms with Gasteiger partial charge in [-0.15, -0.1) is 0 Å². The van der Waals surface area contributed by atoms with E-state index in [2.05, 4.69) is 64.1 Å². The zero-order chi connectivity index (χ0) is 35.3. The third-order valence-corrected chi connectivity index (χ3v) is 9.96. The molecule has 4 N–H and O–H groups in total. The van der Waals surface area contributed by atoms with Crippen molar-refractivity contribution in [2.24, 2.45) is 0 Å². The topological polar surface area (TPSA) is 115 Å². The van der Waals surface area contributed by atoms with E-state index in [-0.39, 0.29) is 0 Å². The molecule has 6 aromatic heterocycles. The number of aromatic nitrogens is 8. The summed E-state index contributed by atoms with van der Waals surface area (Å²) < 4.78 is 0. The number of H-pyrrole nitrogens is 4. The van der Waals surface area contributed by atoms with E-state index >= 15 is 0 Å². The van der Waals surface area contributed by atoms with E-state index in [1.165, 1.54) is 0 Å². The van der Waals surface area contributed by atoms with Crippen LogP contribution in [0, 0.1) is 0 Å². The Hall–Kier alpha value is -5.64. The zero-order valence-electron chi connectivity index (χ0n) is 26.8. The molecule has 0 saturated carbocycles. The van der Waals surface area contributed by atoms with Crippen LogP contribution in [0.3, 0.4) is 0 Å². The first-order chi connectivity index (χ1) is 25.3. The molecule has 8 nitrogen and oxygen atoms in total. The number of rotatable bonds is 0. The van der Waals surface area contributed by atoms with Crippen LogP contribution in [0.1, 0.15) is 45.6 Å². The summed E-state index contributed by atoms with van der Waals surface area (Å²) in [4.78, 5) is 31.6. The van der Waals surface area contributed by atoms with Gasteiger partial charge in [0.15, 0.2) is 0 Å². The highest BCUT2D eigenvalue weighted by Crippen LogP contribution is 2.39. The van der Waals surface area contributed by atoms with Gasteiger partial charge in [-0.2, -0.15) is 0 Å². The molecule has 252 valence electrons. The molecular formula is C40H24Cl4N8. The maximum atomic E-state index is 6.58. The molecule has 16 bridgehead atoms. The third kappa shape index (κ3) is 6.61. The molecule has 6 aromatic rings. The molecule has 4 aliphatic rings. The minimum Gasteiger partial charge on any atom is -0.355 e. The summed E-state index contributed by atoms with van der Waals surface area (Å²) in [6.45, 7) is 0. The number of nitrogens with one attached hydrogen (secondary N) is 4. The van der Waals surface area contributed by atoms with Crippen LogP contribution in [0.2, 0.25) is 15.1 Å². The second-order valence-electron chi connectivity index (χ2n) is 12.2. The first-order valence-corrected chi connectivity index (χ1v) is 17.6. The van der Waals surface area contributed by atoms with Gasteiger partial charge in [0.1, 0.15) is 5.69 Å². The highest BCUT2D eigenvalue weighted by atomic mass is 35.5. The molecule has 4 aliphatic heterocycles. The minimum atomic E-state index is 0.292. The van der Waals surface area contributed by atoms with E-state index in [0.717, 1.165) is 67.3 Å². The fraction of sp³-hybridized carbons (Fsp3) is 0. The van der Waals surface area contributed by atoms with Crippen LogP contribution in [-0.2, 0) is 0 Å². The van der Waals surface area contributed by atoms with Gasteiger partial charge in [-0.05, 0) is 121 Å². The van der Waals surface area contributed by atoms with Gasteiger partial charge in [-0.25, -0.2) is 19.9 Å². The molecule has 0 radical (unpaired) electrons. The highest BCUT2D eigenvalue weighted by molar-refractivity contribution is 6.54. The van der Waals surface area contributed by atoms with Crippen molar-refractivity contribution in [3.8, 4) is 0 Å². The Labute approximate surface area is 315 Å².